The average Bonchev–Trinajstić information content (AvgIpc) is 2.26. The third-order valence-corrected chi connectivity index (χ3v) is 2.73. The number of nitrogens with zero attached hydrogens (tertiary/aromatic N) is 1. The molecule has 0 radical (unpaired) electrons. The molecule has 1 rings (SSSR count). The smallest absolute Gasteiger partial charge is 0.0789 e. The predicted molar refractivity (Wildman–Crippen MR) is 70.2 cm³/mol. The third-order valence-electron chi connectivity index (χ3n) is 2.43. The number of rotatable bonds is 6. The molecule has 0 aliphatic heterocycles. The minimum absolute atomic E-state index is 0.689. The monoisotopic (exact) mass is 242 g/mol. The van der Waals surface area contributed by atoms with Crippen LogP contribution in [0.15, 0.2) is 18.2 Å². The molecule has 0 amide bonds. The van der Waals surface area contributed by atoms with Gasteiger partial charge in [0, 0.05) is 19.7 Å². The lowest BCUT2D eigenvalue weighted by Crippen LogP contribution is -2.28. The fraction of sp³-hybridized carbons (Fsp3) is 0.500. The molecule has 0 aromatic heterocycles. The van der Waals surface area contributed by atoms with E-state index in [9.17, 15) is 0 Å². The summed E-state index contributed by atoms with van der Waals surface area (Å²) in [6.45, 7) is 7.15. The fourth-order valence-electron chi connectivity index (χ4n) is 1.61. The first kappa shape index (κ1) is 13.1. The second-order valence-corrected chi connectivity index (χ2v) is 3.86. The van der Waals surface area contributed by atoms with E-state index in [-0.39, 0.29) is 0 Å². The van der Waals surface area contributed by atoms with E-state index < -0.39 is 0 Å². The fourth-order valence-corrected chi connectivity index (χ4v) is 1.91. The molecule has 2 N–H and O–H groups in total. The van der Waals surface area contributed by atoms with Gasteiger partial charge < -0.3 is 15.4 Å². The van der Waals surface area contributed by atoms with Gasteiger partial charge in [-0.15, -0.1) is 0 Å². The van der Waals surface area contributed by atoms with Crippen molar-refractivity contribution in [1.82, 2.24) is 0 Å². The summed E-state index contributed by atoms with van der Waals surface area (Å²) in [5.41, 5.74) is 7.56. The van der Waals surface area contributed by atoms with Gasteiger partial charge >= 0.3 is 0 Å². The van der Waals surface area contributed by atoms with Crippen molar-refractivity contribution < 1.29 is 4.74 Å². The summed E-state index contributed by atoms with van der Waals surface area (Å²) in [6.07, 6.45) is 0. The summed E-state index contributed by atoms with van der Waals surface area (Å²) in [5, 5.41) is 0.693. The molecule has 0 aliphatic rings. The van der Waals surface area contributed by atoms with Crippen molar-refractivity contribution in [3.63, 3.8) is 0 Å². The number of hydrogen-bond donors (Lipinski definition) is 1. The van der Waals surface area contributed by atoms with Crippen molar-refractivity contribution in [3.05, 3.63) is 23.2 Å². The van der Waals surface area contributed by atoms with Crippen LogP contribution >= 0.6 is 11.6 Å². The molecule has 4 heteroatoms. The molecule has 0 heterocycles. The van der Waals surface area contributed by atoms with E-state index in [1.807, 2.05) is 25.1 Å². The number of halogens is 1. The Morgan fingerprint density at radius 3 is 2.69 bits per heavy atom. The van der Waals surface area contributed by atoms with E-state index in [4.69, 9.17) is 22.1 Å². The lowest BCUT2D eigenvalue weighted by atomic mass is 10.2. The summed E-state index contributed by atoms with van der Waals surface area (Å²) in [5.74, 6) is 0. The quantitative estimate of drug-likeness (QED) is 0.616. The Morgan fingerprint density at radius 1 is 1.38 bits per heavy atom. The van der Waals surface area contributed by atoms with Crippen LogP contribution in [0.25, 0.3) is 0 Å². The molecule has 1 aromatic carbocycles. The normalized spacial score (nSPS) is 10.4. The van der Waals surface area contributed by atoms with E-state index in [1.165, 1.54) is 0 Å². The van der Waals surface area contributed by atoms with Gasteiger partial charge in [-0.2, -0.15) is 0 Å². The number of ether oxygens (including phenoxy) is 1. The Kier molecular flexibility index (Phi) is 5.43. The van der Waals surface area contributed by atoms with Crippen LogP contribution in [0.4, 0.5) is 11.4 Å². The molecule has 0 atom stereocenters. The number of para-hydroxylation sites is 1. The molecule has 0 saturated heterocycles. The van der Waals surface area contributed by atoms with E-state index in [1.54, 1.807) is 0 Å². The summed E-state index contributed by atoms with van der Waals surface area (Å²) >= 11 is 6.15. The molecular weight excluding hydrogens is 224 g/mol. The molecule has 1 aromatic rings. The first-order valence-corrected chi connectivity index (χ1v) is 5.95. The number of likely N-dealkylation sites (N-methyl/N-ethyl adjacent to an activating group) is 1. The topological polar surface area (TPSA) is 38.5 Å². The minimum Gasteiger partial charge on any atom is -0.397 e. The molecule has 0 aliphatic carbocycles. The van der Waals surface area contributed by atoms with Crippen molar-refractivity contribution in [2.45, 2.75) is 13.8 Å². The van der Waals surface area contributed by atoms with Gasteiger partial charge in [0.05, 0.1) is 23.0 Å². The van der Waals surface area contributed by atoms with Gasteiger partial charge in [0.25, 0.3) is 0 Å². The van der Waals surface area contributed by atoms with Crippen molar-refractivity contribution in [2.24, 2.45) is 0 Å². The summed E-state index contributed by atoms with van der Waals surface area (Å²) in [6, 6.07) is 5.58. The molecular formula is C12H19ClN2O. The lowest BCUT2D eigenvalue weighted by Gasteiger charge is -2.25. The van der Waals surface area contributed by atoms with E-state index in [0.717, 1.165) is 25.4 Å². The zero-order valence-corrected chi connectivity index (χ0v) is 10.6. The van der Waals surface area contributed by atoms with Crippen LogP contribution in [-0.2, 0) is 4.74 Å². The molecule has 16 heavy (non-hydrogen) atoms. The predicted octanol–water partition coefficient (Wildman–Crippen LogP) is 2.79. The van der Waals surface area contributed by atoms with Gasteiger partial charge in [0.15, 0.2) is 0 Å². The summed E-state index contributed by atoms with van der Waals surface area (Å²) in [4.78, 5) is 2.13. The maximum atomic E-state index is 6.15. The highest BCUT2D eigenvalue weighted by molar-refractivity contribution is 6.34. The molecule has 90 valence electrons. The highest BCUT2D eigenvalue weighted by Gasteiger charge is 2.11. The van der Waals surface area contributed by atoms with E-state index in [2.05, 4.69) is 11.8 Å². The van der Waals surface area contributed by atoms with E-state index in [0.29, 0.717) is 17.3 Å². The van der Waals surface area contributed by atoms with Crippen LogP contribution in [-0.4, -0.2) is 26.3 Å². The van der Waals surface area contributed by atoms with E-state index >= 15 is 0 Å². The van der Waals surface area contributed by atoms with Gasteiger partial charge in [0.1, 0.15) is 0 Å². The van der Waals surface area contributed by atoms with Crippen molar-refractivity contribution in [2.75, 3.05) is 36.9 Å². The van der Waals surface area contributed by atoms with Crippen LogP contribution in [0.3, 0.4) is 0 Å². The van der Waals surface area contributed by atoms with Crippen LogP contribution in [0.1, 0.15) is 13.8 Å². The summed E-state index contributed by atoms with van der Waals surface area (Å²) in [7, 11) is 0. The third kappa shape index (κ3) is 3.29. The van der Waals surface area contributed by atoms with Crippen LogP contribution in [0, 0.1) is 0 Å². The number of benzene rings is 1. The standard InChI is InChI=1S/C12H19ClN2O/c1-3-15(8-9-16-4-2)12-10(13)6-5-7-11(12)14/h5-7H,3-4,8-9,14H2,1-2H3. The minimum atomic E-state index is 0.689. The van der Waals surface area contributed by atoms with Gasteiger partial charge in [-0.1, -0.05) is 17.7 Å². The van der Waals surface area contributed by atoms with Crippen LogP contribution in [0.2, 0.25) is 5.02 Å². The molecule has 0 unspecified atom stereocenters. The highest BCUT2D eigenvalue weighted by Crippen LogP contribution is 2.31. The molecule has 0 bridgehead atoms. The second-order valence-electron chi connectivity index (χ2n) is 3.45. The SMILES string of the molecule is CCOCCN(CC)c1c(N)cccc1Cl. The van der Waals surface area contributed by atoms with Crippen LogP contribution in [0.5, 0.6) is 0 Å². The Labute approximate surface area is 102 Å². The lowest BCUT2D eigenvalue weighted by molar-refractivity contribution is 0.154. The zero-order valence-electron chi connectivity index (χ0n) is 9.87. The molecule has 3 nitrogen and oxygen atoms in total. The Hall–Kier alpha value is -0.930. The Morgan fingerprint density at radius 2 is 2.12 bits per heavy atom. The first-order chi connectivity index (χ1) is 7.70. The number of hydrogen-bond acceptors (Lipinski definition) is 3. The van der Waals surface area contributed by atoms with Crippen molar-refractivity contribution in [1.29, 1.82) is 0 Å². The maximum absolute atomic E-state index is 6.15. The Bertz CT molecular complexity index is 311. The van der Waals surface area contributed by atoms with Crippen molar-refractivity contribution >= 4 is 23.0 Å². The van der Waals surface area contributed by atoms with Gasteiger partial charge in [-0.3, -0.25) is 0 Å². The van der Waals surface area contributed by atoms with Gasteiger partial charge in [-0.05, 0) is 26.0 Å². The second kappa shape index (κ2) is 6.61. The molecule has 0 spiro atoms. The Balaban J connectivity index is 2.78. The number of anilines is 2. The maximum Gasteiger partial charge on any atom is 0.0789 e. The highest BCUT2D eigenvalue weighted by atomic mass is 35.5. The van der Waals surface area contributed by atoms with Gasteiger partial charge in [0.2, 0.25) is 0 Å². The average molecular weight is 243 g/mol. The number of nitrogens with two attached hydrogens (primary N) is 1. The van der Waals surface area contributed by atoms with Crippen molar-refractivity contribution in [3.8, 4) is 0 Å². The number of nitrogen functional groups attached to an aromatic ring is 1. The summed E-state index contributed by atoms with van der Waals surface area (Å²) < 4.78 is 5.34. The van der Waals surface area contributed by atoms with Crippen LogP contribution < -0.4 is 10.6 Å². The molecule has 0 saturated carbocycles. The zero-order chi connectivity index (χ0) is 12.0. The largest absolute Gasteiger partial charge is 0.397 e. The first-order valence-electron chi connectivity index (χ1n) is 5.57. The van der Waals surface area contributed by atoms with Gasteiger partial charge in [-0.25, -0.2) is 0 Å². The molecule has 0 fully saturated rings.